The van der Waals surface area contributed by atoms with Gasteiger partial charge in [0.1, 0.15) is 11.9 Å². The number of rotatable bonds is 7. The number of hydrogen-bond donors (Lipinski definition) is 2. The quantitative estimate of drug-likeness (QED) is 0.624. The summed E-state index contributed by atoms with van der Waals surface area (Å²) in [4.78, 5) is 14.2. The summed E-state index contributed by atoms with van der Waals surface area (Å²) in [6, 6.07) is 3.87. The molecule has 8 heteroatoms. The number of aliphatic hydroxyl groups excluding tert-OH is 1. The van der Waals surface area contributed by atoms with E-state index < -0.39 is 39.9 Å². The smallest absolute Gasteiger partial charge is 0.251 e. The first-order chi connectivity index (χ1) is 14.6. The summed E-state index contributed by atoms with van der Waals surface area (Å²) in [5.74, 6) is 5.10. The van der Waals surface area contributed by atoms with Crippen LogP contribution in [0.5, 0.6) is 0 Å². The van der Waals surface area contributed by atoms with Gasteiger partial charge in [-0.05, 0) is 57.6 Å². The summed E-state index contributed by atoms with van der Waals surface area (Å²) in [5.41, 5.74) is 0.654. The first kappa shape index (κ1) is 23.7. The van der Waals surface area contributed by atoms with Crippen molar-refractivity contribution in [2.75, 3.05) is 12.3 Å². The van der Waals surface area contributed by atoms with Crippen molar-refractivity contribution >= 4 is 15.9 Å². The molecular formula is C23H31FN2O4S. The van der Waals surface area contributed by atoms with Gasteiger partial charge in [-0.15, -0.1) is 0 Å². The monoisotopic (exact) mass is 450 g/mol. The Bertz CT molecular complexity index is 995. The first-order valence-corrected chi connectivity index (χ1v) is 12.5. The maximum absolute atomic E-state index is 15.2. The number of benzene rings is 1. The predicted octanol–water partition coefficient (Wildman–Crippen LogP) is 2.20. The number of aliphatic hydroxyl groups is 1. The Hall–Kier alpha value is -1.95. The minimum Gasteiger partial charge on any atom is -0.383 e. The van der Waals surface area contributed by atoms with Crippen LogP contribution in [0.2, 0.25) is 0 Å². The van der Waals surface area contributed by atoms with E-state index in [0.29, 0.717) is 24.1 Å². The highest BCUT2D eigenvalue weighted by atomic mass is 32.2. The lowest BCUT2D eigenvalue weighted by Crippen LogP contribution is -2.50. The molecule has 2 aliphatic rings. The van der Waals surface area contributed by atoms with Crippen molar-refractivity contribution < 1.29 is 22.7 Å². The molecule has 1 amide bonds. The maximum Gasteiger partial charge on any atom is 0.251 e. The zero-order chi connectivity index (χ0) is 22.8. The summed E-state index contributed by atoms with van der Waals surface area (Å²) < 4.78 is 42.2. The van der Waals surface area contributed by atoms with Crippen LogP contribution in [0.1, 0.15) is 57.6 Å². The number of carbonyl (C=O) groups is 1. The number of amides is 1. The number of carbonyl (C=O) groups excluding carboxylic acids is 1. The molecule has 2 N–H and O–H groups in total. The van der Waals surface area contributed by atoms with Crippen LogP contribution < -0.4 is 4.72 Å². The topological polar surface area (TPSA) is 86.7 Å². The van der Waals surface area contributed by atoms with Gasteiger partial charge < -0.3 is 10.0 Å². The number of nitrogens with zero attached hydrogens (tertiary/aromatic N) is 1. The largest absolute Gasteiger partial charge is 0.383 e. The molecule has 1 heterocycles. The second-order valence-electron chi connectivity index (χ2n) is 8.73. The third-order valence-electron chi connectivity index (χ3n) is 6.22. The fourth-order valence-corrected chi connectivity index (χ4v) is 4.69. The SMILES string of the molecule is CC[C@@H](O)C(=O)N1CCC(NS(=O)(=O)CC)C1Cc1cccc(C#CC2(C)CC2)c1F. The van der Waals surface area contributed by atoms with Gasteiger partial charge in [-0.2, -0.15) is 0 Å². The highest BCUT2D eigenvalue weighted by molar-refractivity contribution is 7.89. The molecular weight excluding hydrogens is 419 g/mol. The summed E-state index contributed by atoms with van der Waals surface area (Å²) in [7, 11) is -3.51. The van der Waals surface area contributed by atoms with Gasteiger partial charge >= 0.3 is 0 Å². The van der Waals surface area contributed by atoms with Crippen molar-refractivity contribution in [2.45, 2.75) is 71.1 Å². The van der Waals surface area contributed by atoms with E-state index in [2.05, 4.69) is 16.6 Å². The van der Waals surface area contributed by atoms with Crippen molar-refractivity contribution in [3.05, 3.63) is 35.1 Å². The summed E-state index contributed by atoms with van der Waals surface area (Å²) in [6.07, 6.45) is 1.67. The first-order valence-electron chi connectivity index (χ1n) is 10.9. The van der Waals surface area contributed by atoms with E-state index in [9.17, 15) is 18.3 Å². The van der Waals surface area contributed by atoms with Crippen molar-refractivity contribution in [1.82, 2.24) is 9.62 Å². The average molecular weight is 451 g/mol. The van der Waals surface area contributed by atoms with Crippen molar-refractivity contribution in [1.29, 1.82) is 0 Å². The number of hydrogen-bond acceptors (Lipinski definition) is 4. The number of sulfonamides is 1. The molecule has 31 heavy (non-hydrogen) atoms. The highest BCUT2D eigenvalue weighted by Crippen LogP contribution is 2.44. The van der Waals surface area contributed by atoms with Crippen LogP contribution in [-0.4, -0.2) is 54.8 Å². The molecule has 2 unspecified atom stereocenters. The van der Waals surface area contributed by atoms with Crippen LogP contribution in [0.3, 0.4) is 0 Å². The summed E-state index contributed by atoms with van der Waals surface area (Å²) in [6.45, 7) is 5.59. The van der Waals surface area contributed by atoms with E-state index in [0.717, 1.165) is 12.8 Å². The normalized spacial score (nSPS) is 23.2. The van der Waals surface area contributed by atoms with E-state index >= 15 is 4.39 Å². The fourth-order valence-electron chi connectivity index (χ4n) is 3.79. The molecule has 0 bridgehead atoms. The molecule has 0 aromatic heterocycles. The van der Waals surface area contributed by atoms with E-state index in [4.69, 9.17) is 0 Å². The molecule has 170 valence electrons. The molecule has 1 aromatic rings. The van der Waals surface area contributed by atoms with Gasteiger partial charge in [0.25, 0.3) is 5.91 Å². The Morgan fingerprint density at radius 1 is 1.39 bits per heavy atom. The zero-order valence-corrected chi connectivity index (χ0v) is 19.1. The molecule has 1 aliphatic carbocycles. The molecule has 1 aliphatic heterocycles. The van der Waals surface area contributed by atoms with Gasteiger partial charge in [-0.25, -0.2) is 17.5 Å². The van der Waals surface area contributed by atoms with Crippen LogP contribution in [0, 0.1) is 23.1 Å². The number of nitrogens with one attached hydrogen (secondary N) is 1. The zero-order valence-electron chi connectivity index (χ0n) is 18.3. The van der Waals surface area contributed by atoms with Gasteiger partial charge in [-0.3, -0.25) is 4.79 Å². The second-order valence-corrected chi connectivity index (χ2v) is 10.8. The summed E-state index contributed by atoms with van der Waals surface area (Å²) in [5, 5.41) is 10.1. The lowest BCUT2D eigenvalue weighted by Gasteiger charge is -2.30. The molecule has 3 atom stereocenters. The lowest BCUT2D eigenvalue weighted by atomic mass is 9.98. The van der Waals surface area contributed by atoms with Gasteiger partial charge in [0.15, 0.2) is 0 Å². The maximum atomic E-state index is 15.2. The fraction of sp³-hybridized carbons (Fsp3) is 0.609. The van der Waals surface area contributed by atoms with Gasteiger partial charge in [0.05, 0.1) is 17.4 Å². The molecule has 1 saturated heterocycles. The molecule has 1 aromatic carbocycles. The van der Waals surface area contributed by atoms with Crippen molar-refractivity contribution in [3.8, 4) is 11.8 Å². The molecule has 0 spiro atoms. The van der Waals surface area contributed by atoms with Gasteiger partial charge in [0, 0.05) is 18.0 Å². The van der Waals surface area contributed by atoms with Crippen LogP contribution in [-0.2, 0) is 21.2 Å². The van der Waals surface area contributed by atoms with Crippen molar-refractivity contribution in [2.24, 2.45) is 5.41 Å². The minimum atomic E-state index is -3.51. The van der Waals surface area contributed by atoms with E-state index in [-0.39, 0.29) is 24.0 Å². The molecule has 3 rings (SSSR count). The Morgan fingerprint density at radius 3 is 2.71 bits per heavy atom. The Kier molecular flexibility index (Phi) is 7.09. The second kappa shape index (κ2) is 9.27. The third-order valence-corrected chi connectivity index (χ3v) is 7.64. The van der Waals surface area contributed by atoms with E-state index in [1.54, 1.807) is 25.1 Å². The molecule has 1 saturated carbocycles. The number of likely N-dealkylation sites (tertiary alicyclic amines) is 1. The van der Waals surface area contributed by atoms with E-state index in [1.807, 2.05) is 6.92 Å². The highest BCUT2D eigenvalue weighted by Gasteiger charge is 2.40. The molecule has 2 fully saturated rings. The average Bonchev–Trinajstić information content (AvgIpc) is 3.36. The Labute approximate surface area is 184 Å². The van der Waals surface area contributed by atoms with Crippen LogP contribution in [0.25, 0.3) is 0 Å². The van der Waals surface area contributed by atoms with Crippen LogP contribution in [0.15, 0.2) is 18.2 Å². The van der Waals surface area contributed by atoms with E-state index in [1.165, 1.54) is 11.8 Å². The Balaban J connectivity index is 1.89. The standard InChI is InChI=1S/C23H31FN2O4S/c1-4-20(27)22(28)26-14-10-18(25-31(29,30)5-2)19(26)15-17-8-6-7-16(21(17)24)9-11-23(3)12-13-23/h6-8,18-20,25,27H,4-5,10,12-15H2,1-3H3/t18?,19?,20-/m1/s1. The van der Waals surface area contributed by atoms with Crippen molar-refractivity contribution in [3.63, 3.8) is 0 Å². The minimum absolute atomic E-state index is 0.0308. The predicted molar refractivity (Wildman–Crippen MR) is 117 cm³/mol. The number of halogens is 1. The Morgan fingerprint density at radius 2 is 2.10 bits per heavy atom. The molecule has 0 radical (unpaired) electrons. The van der Waals surface area contributed by atoms with Crippen LogP contribution >= 0.6 is 0 Å². The van der Waals surface area contributed by atoms with Gasteiger partial charge in [-0.1, -0.05) is 30.9 Å². The summed E-state index contributed by atoms with van der Waals surface area (Å²) >= 11 is 0. The van der Waals surface area contributed by atoms with Crippen LogP contribution in [0.4, 0.5) is 4.39 Å². The van der Waals surface area contributed by atoms with Gasteiger partial charge in [0.2, 0.25) is 10.0 Å². The molecule has 6 nitrogen and oxygen atoms in total. The lowest BCUT2D eigenvalue weighted by molar-refractivity contribution is -0.141. The third kappa shape index (κ3) is 5.65.